The number of carbonyl (C=O) groups is 1. The van der Waals surface area contributed by atoms with Gasteiger partial charge in [-0.1, -0.05) is 30.3 Å². The molecule has 1 fully saturated rings. The van der Waals surface area contributed by atoms with Crippen LogP contribution in [0.25, 0.3) is 0 Å². The number of aryl methyl sites for hydroxylation is 2. The topological polar surface area (TPSA) is 78.5 Å². The number of sulfonamides is 1. The summed E-state index contributed by atoms with van der Waals surface area (Å²) in [6, 6.07) is 15.5. The Bertz CT molecular complexity index is 929. The van der Waals surface area contributed by atoms with Crippen molar-refractivity contribution in [1.82, 2.24) is 9.62 Å². The normalized spacial score (nSPS) is 16.9. The van der Waals surface area contributed by atoms with Crippen molar-refractivity contribution >= 4 is 21.6 Å². The van der Waals surface area contributed by atoms with Gasteiger partial charge >= 0.3 is 0 Å². The third-order valence-corrected chi connectivity index (χ3v) is 6.55. The van der Waals surface area contributed by atoms with E-state index in [0.29, 0.717) is 18.7 Å². The predicted octanol–water partition coefficient (Wildman–Crippen LogP) is 2.68. The smallest absolute Gasteiger partial charge is 0.240 e. The minimum atomic E-state index is -3.62. The molecule has 0 spiro atoms. The van der Waals surface area contributed by atoms with Gasteiger partial charge in [-0.3, -0.25) is 4.79 Å². The van der Waals surface area contributed by atoms with Gasteiger partial charge in [-0.15, -0.1) is 0 Å². The van der Waals surface area contributed by atoms with Gasteiger partial charge in [0.25, 0.3) is 0 Å². The summed E-state index contributed by atoms with van der Waals surface area (Å²) in [4.78, 5) is 14.5. The van der Waals surface area contributed by atoms with Crippen LogP contribution in [0.15, 0.2) is 53.4 Å². The third kappa shape index (κ3) is 5.11. The molecule has 0 bridgehead atoms. The van der Waals surface area contributed by atoms with E-state index in [1.54, 1.807) is 24.0 Å². The third-order valence-electron chi connectivity index (χ3n) is 4.95. The highest BCUT2D eigenvalue weighted by atomic mass is 32.2. The van der Waals surface area contributed by atoms with Crippen molar-refractivity contribution in [2.24, 2.45) is 0 Å². The maximum atomic E-state index is 12.5. The van der Waals surface area contributed by atoms with Crippen LogP contribution in [0.5, 0.6) is 0 Å². The van der Waals surface area contributed by atoms with Crippen molar-refractivity contribution in [3.63, 3.8) is 0 Å². The molecule has 1 aliphatic heterocycles. The first-order valence-electron chi connectivity index (χ1n) is 9.51. The molecule has 1 heterocycles. The number of likely N-dealkylation sites (tertiary alicyclic amines) is 1. The Labute approximate surface area is 167 Å². The van der Waals surface area contributed by atoms with Crippen LogP contribution in [-0.4, -0.2) is 44.9 Å². The van der Waals surface area contributed by atoms with E-state index in [4.69, 9.17) is 0 Å². The van der Waals surface area contributed by atoms with Crippen LogP contribution in [0, 0.1) is 13.8 Å². The van der Waals surface area contributed by atoms with Gasteiger partial charge in [0.05, 0.1) is 4.90 Å². The SMILES string of the molecule is Cc1ccc(C)c(S(=O)(=O)NCCC(=O)N2CCC(Nc3ccccc3)C2)c1. The Kier molecular flexibility index (Phi) is 6.36. The fraction of sp³-hybridized carbons (Fsp3) is 0.381. The van der Waals surface area contributed by atoms with E-state index in [9.17, 15) is 13.2 Å². The monoisotopic (exact) mass is 401 g/mol. The first-order valence-corrected chi connectivity index (χ1v) is 11.0. The number of carbonyl (C=O) groups excluding carboxylic acids is 1. The van der Waals surface area contributed by atoms with E-state index in [2.05, 4.69) is 10.0 Å². The summed E-state index contributed by atoms with van der Waals surface area (Å²) in [5.41, 5.74) is 2.62. The van der Waals surface area contributed by atoms with E-state index >= 15 is 0 Å². The Morgan fingerprint density at radius 3 is 2.64 bits per heavy atom. The average molecular weight is 402 g/mol. The number of para-hydroxylation sites is 1. The minimum absolute atomic E-state index is 0.0268. The van der Waals surface area contributed by atoms with Gasteiger partial charge in [0.1, 0.15) is 0 Å². The zero-order chi connectivity index (χ0) is 20.1. The van der Waals surface area contributed by atoms with Crippen molar-refractivity contribution in [3.05, 3.63) is 59.7 Å². The molecule has 3 rings (SSSR count). The van der Waals surface area contributed by atoms with Gasteiger partial charge in [-0.05, 0) is 49.6 Å². The summed E-state index contributed by atoms with van der Waals surface area (Å²) in [6.07, 6.45) is 1.04. The zero-order valence-electron chi connectivity index (χ0n) is 16.3. The number of anilines is 1. The van der Waals surface area contributed by atoms with Crippen LogP contribution in [-0.2, 0) is 14.8 Å². The number of hydrogen-bond donors (Lipinski definition) is 2. The molecule has 2 aromatic carbocycles. The first-order chi connectivity index (χ1) is 13.3. The molecule has 6 nitrogen and oxygen atoms in total. The standard InChI is InChI=1S/C21H27N3O3S/c1-16-8-9-17(2)20(14-16)28(26,27)22-12-10-21(25)24-13-11-19(15-24)23-18-6-4-3-5-7-18/h3-9,14,19,22-23H,10-13,15H2,1-2H3. The lowest BCUT2D eigenvalue weighted by Crippen LogP contribution is -2.34. The second-order valence-electron chi connectivity index (χ2n) is 7.25. The Morgan fingerprint density at radius 1 is 1.14 bits per heavy atom. The summed E-state index contributed by atoms with van der Waals surface area (Å²) in [5.74, 6) is -0.0268. The Morgan fingerprint density at radius 2 is 1.89 bits per heavy atom. The average Bonchev–Trinajstić information content (AvgIpc) is 3.13. The second kappa shape index (κ2) is 8.75. The van der Waals surface area contributed by atoms with Crippen molar-refractivity contribution in [1.29, 1.82) is 0 Å². The van der Waals surface area contributed by atoms with Gasteiger partial charge in [-0.2, -0.15) is 0 Å². The molecule has 1 atom stereocenters. The van der Waals surface area contributed by atoms with Crippen molar-refractivity contribution in [2.45, 2.75) is 37.6 Å². The number of amides is 1. The molecule has 0 aromatic heterocycles. The number of nitrogens with one attached hydrogen (secondary N) is 2. The van der Waals surface area contributed by atoms with Crippen LogP contribution in [0.4, 0.5) is 5.69 Å². The van der Waals surface area contributed by atoms with Gasteiger partial charge in [-0.25, -0.2) is 13.1 Å². The molecule has 28 heavy (non-hydrogen) atoms. The zero-order valence-corrected chi connectivity index (χ0v) is 17.1. The quantitative estimate of drug-likeness (QED) is 0.748. The molecule has 1 amide bonds. The molecule has 2 N–H and O–H groups in total. The lowest BCUT2D eigenvalue weighted by atomic mass is 10.2. The molecular formula is C21H27N3O3S. The van der Waals surface area contributed by atoms with Gasteiger partial charge in [0.2, 0.25) is 15.9 Å². The number of nitrogens with zero attached hydrogens (tertiary/aromatic N) is 1. The summed E-state index contributed by atoms with van der Waals surface area (Å²) < 4.78 is 27.6. The molecule has 1 unspecified atom stereocenters. The molecule has 0 saturated carbocycles. The van der Waals surface area contributed by atoms with E-state index in [0.717, 1.165) is 17.7 Å². The summed E-state index contributed by atoms with van der Waals surface area (Å²) >= 11 is 0. The highest BCUT2D eigenvalue weighted by molar-refractivity contribution is 7.89. The van der Waals surface area contributed by atoms with E-state index < -0.39 is 10.0 Å². The first kappa shape index (κ1) is 20.4. The number of benzene rings is 2. The molecule has 1 saturated heterocycles. The van der Waals surface area contributed by atoms with Gasteiger partial charge < -0.3 is 10.2 Å². The van der Waals surface area contributed by atoms with Crippen molar-refractivity contribution < 1.29 is 13.2 Å². The fourth-order valence-electron chi connectivity index (χ4n) is 3.40. The number of rotatable bonds is 7. The van der Waals surface area contributed by atoms with Crippen LogP contribution < -0.4 is 10.0 Å². The predicted molar refractivity (Wildman–Crippen MR) is 111 cm³/mol. The molecule has 1 aliphatic rings. The Balaban J connectivity index is 1.49. The molecule has 0 radical (unpaired) electrons. The largest absolute Gasteiger partial charge is 0.380 e. The second-order valence-corrected chi connectivity index (χ2v) is 8.99. The highest BCUT2D eigenvalue weighted by Gasteiger charge is 2.26. The maximum absolute atomic E-state index is 12.5. The molecule has 0 aliphatic carbocycles. The number of hydrogen-bond acceptors (Lipinski definition) is 4. The van der Waals surface area contributed by atoms with E-state index in [-0.39, 0.29) is 29.8 Å². The van der Waals surface area contributed by atoms with Crippen LogP contribution in [0.3, 0.4) is 0 Å². The van der Waals surface area contributed by atoms with Crippen molar-refractivity contribution in [2.75, 3.05) is 25.0 Å². The summed E-state index contributed by atoms with van der Waals surface area (Å²) in [5, 5.41) is 3.43. The van der Waals surface area contributed by atoms with E-state index in [1.807, 2.05) is 43.3 Å². The maximum Gasteiger partial charge on any atom is 0.240 e. The Hall–Kier alpha value is -2.38. The van der Waals surface area contributed by atoms with Crippen LogP contribution in [0.2, 0.25) is 0 Å². The lowest BCUT2D eigenvalue weighted by molar-refractivity contribution is -0.129. The van der Waals surface area contributed by atoms with Crippen LogP contribution >= 0.6 is 0 Å². The van der Waals surface area contributed by atoms with Gasteiger partial charge in [0, 0.05) is 37.8 Å². The summed E-state index contributed by atoms with van der Waals surface area (Å²) in [6.45, 7) is 5.05. The van der Waals surface area contributed by atoms with Gasteiger partial charge in [0.15, 0.2) is 0 Å². The van der Waals surface area contributed by atoms with Crippen LogP contribution in [0.1, 0.15) is 24.0 Å². The molecule has 2 aromatic rings. The molecule has 7 heteroatoms. The van der Waals surface area contributed by atoms with E-state index in [1.165, 1.54) is 0 Å². The summed E-state index contributed by atoms with van der Waals surface area (Å²) in [7, 11) is -3.62. The lowest BCUT2D eigenvalue weighted by Gasteiger charge is -2.18. The fourth-order valence-corrected chi connectivity index (χ4v) is 4.76. The molecular weight excluding hydrogens is 374 g/mol. The molecule has 150 valence electrons. The highest BCUT2D eigenvalue weighted by Crippen LogP contribution is 2.18. The minimum Gasteiger partial charge on any atom is -0.380 e. The van der Waals surface area contributed by atoms with Crippen molar-refractivity contribution in [3.8, 4) is 0 Å².